The predicted octanol–water partition coefficient (Wildman–Crippen LogP) is 8.28. The second-order valence-corrected chi connectivity index (χ2v) is 12.8. The van der Waals surface area contributed by atoms with Crippen LogP contribution in [-0.2, 0) is 48.1 Å². The number of ether oxygens (including phenoxy) is 1. The summed E-state index contributed by atoms with van der Waals surface area (Å²) in [7, 11) is 0. The molecule has 2 fully saturated rings. The van der Waals surface area contributed by atoms with Gasteiger partial charge < -0.3 is 15.2 Å². The molecular formula is C33H30F12N2O2. The number of nitrogens with zero attached hydrogens (tertiary/aromatic N) is 1. The van der Waals surface area contributed by atoms with Crippen LogP contribution >= 0.6 is 0 Å². The van der Waals surface area contributed by atoms with E-state index >= 15 is 0 Å². The number of hydrogen-bond donors (Lipinski definition) is 2. The van der Waals surface area contributed by atoms with Crippen LogP contribution in [0, 0.1) is 11.8 Å². The van der Waals surface area contributed by atoms with Gasteiger partial charge in [-0.05, 0) is 60.0 Å². The summed E-state index contributed by atoms with van der Waals surface area (Å²) in [6.07, 6.45) is -20.2. The van der Waals surface area contributed by atoms with Crippen LogP contribution < -0.4 is 5.32 Å². The van der Waals surface area contributed by atoms with Gasteiger partial charge in [0.15, 0.2) is 0 Å². The number of halogens is 12. The van der Waals surface area contributed by atoms with Crippen LogP contribution in [0.5, 0.6) is 0 Å². The molecule has 268 valence electrons. The summed E-state index contributed by atoms with van der Waals surface area (Å²) in [5, 5.41) is 14.6. The molecule has 0 aliphatic carbocycles. The van der Waals surface area contributed by atoms with Crippen molar-refractivity contribution in [2.45, 2.75) is 55.9 Å². The number of aliphatic hydroxyl groups is 1. The molecular weight excluding hydrogens is 684 g/mol. The van der Waals surface area contributed by atoms with Gasteiger partial charge in [0.2, 0.25) is 0 Å². The Morgan fingerprint density at radius 1 is 0.694 bits per heavy atom. The van der Waals surface area contributed by atoms with E-state index in [0.717, 1.165) is 0 Å². The average molecular weight is 715 g/mol. The average Bonchev–Trinajstić information content (AvgIpc) is 3.43. The molecule has 49 heavy (non-hydrogen) atoms. The van der Waals surface area contributed by atoms with Crippen LogP contribution in [0.1, 0.15) is 45.9 Å². The molecule has 0 spiro atoms. The van der Waals surface area contributed by atoms with E-state index in [1.54, 1.807) is 35.2 Å². The zero-order valence-corrected chi connectivity index (χ0v) is 25.6. The molecule has 0 saturated carbocycles. The van der Waals surface area contributed by atoms with Gasteiger partial charge in [-0.3, -0.25) is 4.90 Å². The maximum atomic E-state index is 13.5. The second-order valence-electron chi connectivity index (χ2n) is 12.8. The summed E-state index contributed by atoms with van der Waals surface area (Å²) in [5.41, 5.74) is -8.70. The minimum Gasteiger partial charge on any atom is -0.388 e. The van der Waals surface area contributed by atoms with Crippen molar-refractivity contribution in [3.63, 3.8) is 0 Å². The smallest absolute Gasteiger partial charge is 0.388 e. The molecule has 2 N–H and O–H groups in total. The first-order chi connectivity index (χ1) is 22.5. The van der Waals surface area contributed by atoms with Crippen LogP contribution in [0.25, 0.3) is 0 Å². The number of likely N-dealkylation sites (tertiary alicyclic amines) is 1. The molecule has 0 unspecified atom stereocenters. The Hall–Kier alpha value is -3.34. The molecule has 4 atom stereocenters. The maximum Gasteiger partial charge on any atom is 0.416 e. The molecule has 0 amide bonds. The van der Waals surface area contributed by atoms with E-state index in [1.165, 1.54) is 6.92 Å². The topological polar surface area (TPSA) is 44.7 Å². The monoisotopic (exact) mass is 714 g/mol. The van der Waals surface area contributed by atoms with Crippen molar-refractivity contribution in [3.8, 4) is 0 Å². The molecule has 16 heteroatoms. The minimum absolute atomic E-state index is 0.000485. The van der Waals surface area contributed by atoms with Gasteiger partial charge in [0.1, 0.15) is 0 Å². The molecule has 4 nitrogen and oxygen atoms in total. The normalized spacial score (nSPS) is 25.4. The van der Waals surface area contributed by atoms with E-state index in [9.17, 15) is 57.8 Å². The SMILES string of the molecule is C[C@]1(O)CN[C@](COCc2cc(C(F)(F)F)cc(C(F)(F)F)c2)(c2ccccc2)[C@@H]2CN(Cc3cc(C(F)(F)F)cc(C(F)(F)F)c3)C[C@@H]21. The molecule has 2 heterocycles. The van der Waals surface area contributed by atoms with Gasteiger partial charge in [0.05, 0.1) is 46.6 Å². The standard InChI is InChI=1S/C33H30F12N2O2/c1-28(48)17-46-29(21-5-3-2-4-6-21,18-49-16-20-9-24(32(40,41)42)12-25(10-20)33(43,44)45)27-15-47(14-26(27)28)13-19-7-22(30(34,35)36)11-23(8-19)31(37,38)39/h2-12,26-27,46,48H,13-18H2,1H3/t26-,27+,28-,29+/m0/s1. The van der Waals surface area contributed by atoms with Gasteiger partial charge >= 0.3 is 24.7 Å². The van der Waals surface area contributed by atoms with Crippen molar-refractivity contribution >= 4 is 0 Å². The van der Waals surface area contributed by atoms with Crippen LogP contribution in [0.4, 0.5) is 52.7 Å². The molecule has 0 radical (unpaired) electrons. The minimum atomic E-state index is -5.07. The summed E-state index contributed by atoms with van der Waals surface area (Å²) in [4.78, 5) is 1.60. The van der Waals surface area contributed by atoms with E-state index in [-0.39, 0.29) is 50.5 Å². The number of hydrogen-bond acceptors (Lipinski definition) is 4. The zero-order chi connectivity index (χ0) is 36.2. The number of benzene rings is 3. The molecule has 3 aromatic carbocycles. The number of alkyl halides is 12. The van der Waals surface area contributed by atoms with Crippen molar-refractivity contribution in [1.29, 1.82) is 0 Å². The predicted molar refractivity (Wildman–Crippen MR) is 152 cm³/mol. The first-order valence-electron chi connectivity index (χ1n) is 14.9. The number of nitrogens with one attached hydrogen (secondary N) is 1. The van der Waals surface area contributed by atoms with Gasteiger partial charge in [0.25, 0.3) is 0 Å². The third-order valence-electron chi connectivity index (χ3n) is 9.18. The molecule has 2 saturated heterocycles. The van der Waals surface area contributed by atoms with Crippen molar-refractivity contribution in [1.82, 2.24) is 10.2 Å². The van der Waals surface area contributed by atoms with Crippen molar-refractivity contribution < 1.29 is 62.5 Å². The lowest BCUT2D eigenvalue weighted by molar-refractivity contribution is -0.144. The van der Waals surface area contributed by atoms with E-state index < -0.39 is 82.1 Å². The number of piperidine rings is 1. The van der Waals surface area contributed by atoms with E-state index in [1.807, 2.05) is 0 Å². The lowest BCUT2D eigenvalue weighted by Gasteiger charge is -2.52. The quantitative estimate of drug-likeness (QED) is 0.242. The third kappa shape index (κ3) is 8.02. The number of β-amino-alcohol motifs (C(OH)–C–C–N with tert-alkyl or cyclic N) is 1. The van der Waals surface area contributed by atoms with Gasteiger partial charge in [-0.2, -0.15) is 52.7 Å². The van der Waals surface area contributed by atoms with Gasteiger partial charge in [0, 0.05) is 38.0 Å². The van der Waals surface area contributed by atoms with E-state index in [0.29, 0.717) is 29.8 Å². The van der Waals surface area contributed by atoms with Gasteiger partial charge in [-0.25, -0.2) is 0 Å². The van der Waals surface area contributed by atoms with Gasteiger partial charge in [-0.1, -0.05) is 30.3 Å². The fraction of sp³-hybridized carbons (Fsp3) is 0.455. The lowest BCUT2D eigenvalue weighted by atomic mass is 9.65. The summed E-state index contributed by atoms with van der Waals surface area (Å²) in [5.74, 6) is -1.25. The van der Waals surface area contributed by atoms with E-state index in [4.69, 9.17) is 4.74 Å². The Morgan fingerprint density at radius 2 is 1.14 bits per heavy atom. The highest BCUT2D eigenvalue weighted by Gasteiger charge is 2.57. The molecule has 0 bridgehead atoms. The Bertz CT molecular complexity index is 1570. The maximum absolute atomic E-state index is 13.5. The van der Waals surface area contributed by atoms with Crippen molar-refractivity contribution in [2.75, 3.05) is 26.2 Å². The van der Waals surface area contributed by atoms with Crippen LogP contribution in [-0.4, -0.2) is 41.8 Å². The first kappa shape index (κ1) is 36.9. The first-order valence-corrected chi connectivity index (χ1v) is 14.9. The molecule has 2 aliphatic rings. The van der Waals surface area contributed by atoms with Gasteiger partial charge in [-0.15, -0.1) is 0 Å². The Morgan fingerprint density at radius 3 is 1.61 bits per heavy atom. The highest BCUT2D eigenvalue weighted by molar-refractivity contribution is 5.35. The fourth-order valence-corrected chi connectivity index (χ4v) is 6.84. The third-order valence-corrected chi connectivity index (χ3v) is 9.18. The number of fused-ring (bicyclic) bond motifs is 1. The van der Waals surface area contributed by atoms with E-state index in [2.05, 4.69) is 5.32 Å². The van der Waals surface area contributed by atoms with Crippen molar-refractivity contribution in [2.24, 2.45) is 11.8 Å². The molecule has 2 aliphatic heterocycles. The van der Waals surface area contributed by atoms with Crippen LogP contribution in [0.3, 0.4) is 0 Å². The highest BCUT2D eigenvalue weighted by atomic mass is 19.4. The summed E-state index contributed by atoms with van der Waals surface area (Å²) < 4.78 is 168. The second kappa shape index (κ2) is 12.8. The van der Waals surface area contributed by atoms with Crippen molar-refractivity contribution in [3.05, 3.63) is 106 Å². The largest absolute Gasteiger partial charge is 0.416 e. The molecule has 5 rings (SSSR count). The molecule has 0 aromatic heterocycles. The van der Waals surface area contributed by atoms with Crippen LogP contribution in [0.2, 0.25) is 0 Å². The Labute approximate surface area is 272 Å². The highest BCUT2D eigenvalue weighted by Crippen LogP contribution is 2.48. The lowest BCUT2D eigenvalue weighted by Crippen LogP contribution is -2.66. The number of rotatable bonds is 7. The van der Waals surface area contributed by atoms with Crippen LogP contribution in [0.15, 0.2) is 66.7 Å². The zero-order valence-electron chi connectivity index (χ0n) is 25.6. The molecule has 3 aromatic rings. The Balaban J connectivity index is 1.47. The summed E-state index contributed by atoms with van der Waals surface area (Å²) >= 11 is 0. The Kier molecular flexibility index (Phi) is 9.62. The summed E-state index contributed by atoms with van der Waals surface area (Å²) in [6, 6.07) is 10.8. The fourth-order valence-electron chi connectivity index (χ4n) is 6.84. The summed E-state index contributed by atoms with van der Waals surface area (Å²) in [6.45, 7) is 0.215.